The summed E-state index contributed by atoms with van der Waals surface area (Å²) in [5.74, 6) is -0.690. The van der Waals surface area contributed by atoms with E-state index < -0.39 is 11.4 Å². The van der Waals surface area contributed by atoms with Crippen LogP contribution in [0, 0.1) is 0 Å². The van der Waals surface area contributed by atoms with Crippen LogP contribution in [0.25, 0.3) is 11.1 Å². The fraction of sp³-hybridized carbons (Fsp3) is 0.441. The fourth-order valence-electron chi connectivity index (χ4n) is 6.43. The van der Waals surface area contributed by atoms with Gasteiger partial charge in [-0.15, -0.1) is 0 Å². The molecule has 1 aromatic heterocycles. The molecule has 3 aromatic rings. The number of hydrogen-bond donors (Lipinski definition) is 1. The SMILES string of the molecule is O=C(CCc1ccccc1)N1CCC(O)(Cn2cc(C(=O)N3CCC4(CC3)OCCO4)c(-c3ccccc3)cc2=O)CC1. The topological polar surface area (TPSA) is 101 Å². The standard InChI is InChI=1S/C34H39N3O6/c38-30(12-11-26-7-3-1-4-8-26)35-17-13-33(41,14-18-35)25-37-24-29(28(23-31(37)39)27-9-5-2-6-10-27)32(40)36-19-15-34(16-20-36)42-21-22-43-34/h1-10,23-24,41H,11-22,25H2. The van der Waals surface area contributed by atoms with Gasteiger partial charge in [-0.2, -0.15) is 0 Å². The van der Waals surface area contributed by atoms with Crippen LogP contribution in [0.5, 0.6) is 0 Å². The molecule has 1 spiro atoms. The van der Waals surface area contributed by atoms with Crippen LogP contribution in [0.2, 0.25) is 0 Å². The lowest BCUT2D eigenvalue weighted by Crippen LogP contribution is -2.50. The first-order chi connectivity index (χ1) is 20.8. The predicted molar refractivity (Wildman–Crippen MR) is 161 cm³/mol. The minimum absolute atomic E-state index is 0.0536. The molecule has 3 fully saturated rings. The quantitative estimate of drug-likeness (QED) is 0.456. The van der Waals surface area contributed by atoms with Gasteiger partial charge in [-0.1, -0.05) is 60.7 Å². The number of ether oxygens (including phenoxy) is 2. The molecule has 9 nitrogen and oxygen atoms in total. The van der Waals surface area contributed by atoms with Crippen molar-refractivity contribution >= 4 is 11.8 Å². The second-order valence-corrected chi connectivity index (χ2v) is 11.9. The first-order valence-electron chi connectivity index (χ1n) is 15.2. The molecule has 6 rings (SSSR count). The fourth-order valence-corrected chi connectivity index (χ4v) is 6.43. The zero-order chi connectivity index (χ0) is 29.9. The Morgan fingerprint density at radius 1 is 0.814 bits per heavy atom. The summed E-state index contributed by atoms with van der Waals surface area (Å²) in [4.78, 5) is 43.8. The normalized spacial score (nSPS) is 19.5. The number of carbonyl (C=O) groups excluding carboxylic acids is 2. The number of carbonyl (C=O) groups is 2. The Morgan fingerprint density at radius 2 is 1.42 bits per heavy atom. The summed E-state index contributed by atoms with van der Waals surface area (Å²) in [6.07, 6.45) is 4.61. The highest BCUT2D eigenvalue weighted by atomic mass is 16.7. The van der Waals surface area contributed by atoms with Crippen molar-refractivity contribution in [2.45, 2.75) is 56.5 Å². The number of piperidine rings is 2. The summed E-state index contributed by atoms with van der Waals surface area (Å²) in [7, 11) is 0. The van der Waals surface area contributed by atoms with Gasteiger partial charge in [0.2, 0.25) is 5.91 Å². The average molecular weight is 586 g/mol. The van der Waals surface area contributed by atoms with Gasteiger partial charge in [0.15, 0.2) is 5.79 Å². The average Bonchev–Trinajstić information content (AvgIpc) is 3.49. The summed E-state index contributed by atoms with van der Waals surface area (Å²) in [5, 5.41) is 11.5. The van der Waals surface area contributed by atoms with E-state index in [9.17, 15) is 19.5 Å². The Balaban J connectivity index is 1.17. The van der Waals surface area contributed by atoms with Gasteiger partial charge in [0.05, 0.1) is 30.9 Å². The molecule has 0 unspecified atom stereocenters. The Hall–Kier alpha value is -3.79. The van der Waals surface area contributed by atoms with Crippen LogP contribution in [0.15, 0.2) is 77.7 Å². The van der Waals surface area contributed by atoms with E-state index in [-0.39, 0.29) is 23.9 Å². The monoisotopic (exact) mass is 585 g/mol. The second-order valence-electron chi connectivity index (χ2n) is 11.9. The number of likely N-dealkylation sites (tertiary alicyclic amines) is 2. The Labute approximate surface area is 251 Å². The molecule has 3 saturated heterocycles. The van der Waals surface area contributed by atoms with Crippen molar-refractivity contribution in [1.82, 2.24) is 14.4 Å². The van der Waals surface area contributed by atoms with Gasteiger partial charge >= 0.3 is 0 Å². The molecule has 2 amide bonds. The minimum atomic E-state index is -1.16. The highest BCUT2D eigenvalue weighted by Crippen LogP contribution is 2.33. The van der Waals surface area contributed by atoms with Crippen molar-refractivity contribution in [3.05, 3.63) is 94.4 Å². The number of nitrogens with zero attached hydrogens (tertiary/aromatic N) is 3. The lowest BCUT2D eigenvalue weighted by atomic mass is 9.90. The minimum Gasteiger partial charge on any atom is -0.388 e. The van der Waals surface area contributed by atoms with Crippen LogP contribution in [0.4, 0.5) is 0 Å². The zero-order valence-electron chi connectivity index (χ0n) is 24.5. The van der Waals surface area contributed by atoms with E-state index in [0.717, 1.165) is 11.1 Å². The third-order valence-corrected chi connectivity index (χ3v) is 9.05. The van der Waals surface area contributed by atoms with Gasteiger partial charge < -0.3 is 28.9 Å². The smallest absolute Gasteiger partial charge is 0.255 e. The molecule has 3 aliphatic rings. The van der Waals surface area contributed by atoms with Crippen LogP contribution in [-0.4, -0.2) is 82.1 Å². The van der Waals surface area contributed by atoms with Crippen LogP contribution in [0.1, 0.15) is 48.0 Å². The van der Waals surface area contributed by atoms with Crippen molar-refractivity contribution in [2.75, 3.05) is 39.4 Å². The molecule has 0 atom stereocenters. The van der Waals surface area contributed by atoms with Crippen LogP contribution in [-0.2, 0) is 27.2 Å². The van der Waals surface area contributed by atoms with Crippen LogP contribution in [0.3, 0.4) is 0 Å². The van der Waals surface area contributed by atoms with E-state index in [2.05, 4.69) is 0 Å². The van der Waals surface area contributed by atoms with Gasteiger partial charge in [0.25, 0.3) is 11.5 Å². The van der Waals surface area contributed by atoms with E-state index in [1.165, 1.54) is 10.6 Å². The van der Waals surface area contributed by atoms with E-state index in [1.54, 1.807) is 16.0 Å². The number of pyridine rings is 1. The largest absolute Gasteiger partial charge is 0.388 e. The van der Waals surface area contributed by atoms with Gasteiger partial charge in [-0.05, 0) is 30.4 Å². The molecule has 226 valence electrons. The molecule has 1 N–H and O–H groups in total. The number of amides is 2. The molecular weight excluding hydrogens is 546 g/mol. The third-order valence-electron chi connectivity index (χ3n) is 9.05. The molecule has 3 aliphatic heterocycles. The Kier molecular flexibility index (Phi) is 8.47. The van der Waals surface area contributed by atoms with E-state index in [4.69, 9.17) is 9.47 Å². The van der Waals surface area contributed by atoms with Gasteiger partial charge in [-0.3, -0.25) is 14.4 Å². The maximum Gasteiger partial charge on any atom is 0.255 e. The molecule has 0 bridgehead atoms. The number of aryl methyl sites for hydroxylation is 1. The summed E-state index contributed by atoms with van der Waals surface area (Å²) in [5.41, 5.74) is 1.46. The first-order valence-corrected chi connectivity index (χ1v) is 15.2. The van der Waals surface area contributed by atoms with Crippen molar-refractivity contribution in [2.24, 2.45) is 0 Å². The van der Waals surface area contributed by atoms with Gasteiger partial charge in [0, 0.05) is 63.3 Å². The summed E-state index contributed by atoms with van der Waals surface area (Å²) < 4.78 is 13.1. The number of benzene rings is 2. The number of aromatic nitrogens is 1. The van der Waals surface area contributed by atoms with Crippen molar-refractivity contribution in [3.8, 4) is 11.1 Å². The summed E-state index contributed by atoms with van der Waals surface area (Å²) in [6, 6.07) is 20.9. The number of rotatable bonds is 7. The number of hydrogen-bond acceptors (Lipinski definition) is 6. The highest BCUT2D eigenvalue weighted by Gasteiger charge is 2.41. The molecule has 4 heterocycles. The molecule has 9 heteroatoms. The Bertz CT molecular complexity index is 1480. The second kappa shape index (κ2) is 12.4. The van der Waals surface area contributed by atoms with Gasteiger partial charge in [-0.25, -0.2) is 0 Å². The molecule has 0 radical (unpaired) electrons. The van der Waals surface area contributed by atoms with Crippen molar-refractivity contribution < 1.29 is 24.2 Å². The van der Waals surface area contributed by atoms with E-state index >= 15 is 0 Å². The first kappa shape index (κ1) is 29.3. The maximum atomic E-state index is 13.9. The third kappa shape index (κ3) is 6.59. The van der Waals surface area contributed by atoms with Crippen molar-refractivity contribution in [1.29, 1.82) is 0 Å². The zero-order valence-corrected chi connectivity index (χ0v) is 24.5. The Morgan fingerprint density at radius 3 is 2.07 bits per heavy atom. The summed E-state index contributed by atoms with van der Waals surface area (Å²) in [6.45, 7) is 3.02. The molecule has 2 aromatic carbocycles. The number of aliphatic hydroxyl groups is 1. The van der Waals surface area contributed by atoms with Gasteiger partial charge in [0.1, 0.15) is 0 Å². The van der Waals surface area contributed by atoms with E-state index in [0.29, 0.717) is 89.0 Å². The van der Waals surface area contributed by atoms with Crippen molar-refractivity contribution in [3.63, 3.8) is 0 Å². The molecular formula is C34H39N3O6. The predicted octanol–water partition coefficient (Wildman–Crippen LogP) is 3.48. The highest BCUT2D eigenvalue weighted by molar-refractivity contribution is 6.00. The molecule has 0 aliphatic carbocycles. The van der Waals surface area contributed by atoms with E-state index in [1.807, 2.05) is 60.7 Å². The van der Waals surface area contributed by atoms with Crippen LogP contribution < -0.4 is 5.56 Å². The van der Waals surface area contributed by atoms with Crippen LogP contribution >= 0.6 is 0 Å². The lowest BCUT2D eigenvalue weighted by Gasteiger charge is -2.39. The lowest BCUT2D eigenvalue weighted by molar-refractivity contribution is -0.181. The summed E-state index contributed by atoms with van der Waals surface area (Å²) >= 11 is 0. The molecule has 0 saturated carbocycles. The molecule has 43 heavy (non-hydrogen) atoms. The maximum absolute atomic E-state index is 13.9.